The van der Waals surface area contributed by atoms with Gasteiger partial charge in [0.25, 0.3) is 0 Å². The van der Waals surface area contributed by atoms with Gasteiger partial charge < -0.3 is 14.7 Å². The molecule has 5 nitrogen and oxygen atoms in total. The normalized spacial score (nSPS) is 15.6. The maximum absolute atomic E-state index is 11.9. The molecule has 0 saturated carbocycles. The molecule has 0 spiro atoms. The quantitative estimate of drug-likeness (QED) is 0.851. The van der Waals surface area contributed by atoms with Gasteiger partial charge in [-0.25, -0.2) is 0 Å². The molecule has 0 bridgehead atoms. The van der Waals surface area contributed by atoms with Crippen molar-refractivity contribution in [1.82, 2.24) is 4.98 Å². The highest BCUT2D eigenvalue weighted by molar-refractivity contribution is 5.94. The zero-order valence-corrected chi connectivity index (χ0v) is 11.3. The number of aryl methyl sites for hydroxylation is 1. The summed E-state index contributed by atoms with van der Waals surface area (Å²) in [6, 6.07) is 6.82. The van der Waals surface area contributed by atoms with E-state index in [4.69, 9.17) is 4.74 Å². The van der Waals surface area contributed by atoms with Crippen molar-refractivity contribution in [3.63, 3.8) is 0 Å². The summed E-state index contributed by atoms with van der Waals surface area (Å²) in [4.78, 5) is 18.4. The SMILES string of the molecule is Cc1ccc2c(N3CCOCC3)c(O)c(=O)ccc2n1. The maximum atomic E-state index is 11.9. The Morgan fingerprint density at radius 3 is 2.70 bits per heavy atom. The summed E-state index contributed by atoms with van der Waals surface area (Å²) in [6.45, 7) is 4.39. The fourth-order valence-corrected chi connectivity index (χ4v) is 2.49. The van der Waals surface area contributed by atoms with Gasteiger partial charge in [-0.1, -0.05) is 0 Å². The highest BCUT2D eigenvalue weighted by atomic mass is 16.5. The molecule has 1 saturated heterocycles. The van der Waals surface area contributed by atoms with Gasteiger partial charge in [0, 0.05) is 24.2 Å². The van der Waals surface area contributed by atoms with Gasteiger partial charge in [0.05, 0.1) is 24.4 Å². The van der Waals surface area contributed by atoms with E-state index in [1.165, 1.54) is 6.07 Å². The third kappa shape index (κ3) is 2.20. The molecule has 0 radical (unpaired) electrons. The third-order valence-electron chi connectivity index (χ3n) is 3.50. The molecule has 0 unspecified atom stereocenters. The molecule has 0 atom stereocenters. The molecule has 1 fully saturated rings. The summed E-state index contributed by atoms with van der Waals surface area (Å²) >= 11 is 0. The van der Waals surface area contributed by atoms with Gasteiger partial charge in [-0.2, -0.15) is 0 Å². The summed E-state index contributed by atoms with van der Waals surface area (Å²) in [5, 5.41) is 11.0. The minimum absolute atomic E-state index is 0.215. The molecule has 2 heterocycles. The lowest BCUT2D eigenvalue weighted by Crippen LogP contribution is -2.36. The van der Waals surface area contributed by atoms with E-state index < -0.39 is 0 Å². The van der Waals surface area contributed by atoms with E-state index in [1.54, 1.807) is 6.07 Å². The van der Waals surface area contributed by atoms with E-state index in [1.807, 2.05) is 24.0 Å². The number of ether oxygens (including phenoxy) is 1. The van der Waals surface area contributed by atoms with Crippen LogP contribution in [-0.2, 0) is 4.74 Å². The highest BCUT2D eigenvalue weighted by Gasteiger charge is 2.19. The van der Waals surface area contributed by atoms with Crippen molar-refractivity contribution in [3.05, 3.63) is 40.2 Å². The highest BCUT2D eigenvalue weighted by Crippen LogP contribution is 2.31. The molecule has 0 aliphatic carbocycles. The second kappa shape index (κ2) is 5.09. The van der Waals surface area contributed by atoms with Crippen LogP contribution in [0.15, 0.2) is 29.1 Å². The van der Waals surface area contributed by atoms with E-state index in [9.17, 15) is 9.90 Å². The summed E-state index contributed by atoms with van der Waals surface area (Å²) in [6.07, 6.45) is 0. The van der Waals surface area contributed by atoms with Crippen LogP contribution in [0, 0.1) is 6.92 Å². The van der Waals surface area contributed by atoms with Crippen LogP contribution in [0.1, 0.15) is 5.69 Å². The number of anilines is 1. The maximum Gasteiger partial charge on any atom is 0.222 e. The topological polar surface area (TPSA) is 62.7 Å². The van der Waals surface area contributed by atoms with Gasteiger partial charge in [0.15, 0.2) is 5.75 Å². The lowest BCUT2D eigenvalue weighted by molar-refractivity contribution is 0.122. The van der Waals surface area contributed by atoms with Crippen molar-refractivity contribution in [2.45, 2.75) is 6.92 Å². The molecule has 3 rings (SSSR count). The Bertz CT molecular complexity index is 709. The van der Waals surface area contributed by atoms with E-state index in [0.29, 0.717) is 37.5 Å². The second-order valence-electron chi connectivity index (χ2n) is 4.88. The zero-order chi connectivity index (χ0) is 14.1. The van der Waals surface area contributed by atoms with Crippen LogP contribution in [-0.4, -0.2) is 36.4 Å². The van der Waals surface area contributed by atoms with Crippen molar-refractivity contribution in [2.75, 3.05) is 31.2 Å². The van der Waals surface area contributed by atoms with Crippen molar-refractivity contribution in [2.24, 2.45) is 0 Å². The van der Waals surface area contributed by atoms with Gasteiger partial charge >= 0.3 is 0 Å². The molecule has 1 aromatic carbocycles. The molecule has 104 valence electrons. The Kier molecular flexibility index (Phi) is 3.28. The lowest BCUT2D eigenvalue weighted by Gasteiger charge is -2.29. The lowest BCUT2D eigenvalue weighted by atomic mass is 10.2. The minimum Gasteiger partial charge on any atom is -0.503 e. The van der Waals surface area contributed by atoms with E-state index in [-0.39, 0.29) is 11.2 Å². The van der Waals surface area contributed by atoms with Crippen LogP contribution in [0.25, 0.3) is 10.9 Å². The number of nitrogens with zero attached hydrogens (tertiary/aromatic N) is 2. The molecular weight excluding hydrogens is 256 g/mol. The number of hydrogen-bond acceptors (Lipinski definition) is 5. The van der Waals surface area contributed by atoms with Crippen LogP contribution in [0.5, 0.6) is 5.75 Å². The average Bonchev–Trinajstić information content (AvgIpc) is 2.58. The molecule has 5 heteroatoms. The largest absolute Gasteiger partial charge is 0.503 e. The van der Waals surface area contributed by atoms with Crippen molar-refractivity contribution in [3.8, 4) is 5.75 Å². The first kappa shape index (κ1) is 12.9. The third-order valence-corrected chi connectivity index (χ3v) is 3.50. The number of hydrogen-bond donors (Lipinski definition) is 1. The zero-order valence-electron chi connectivity index (χ0n) is 11.3. The van der Waals surface area contributed by atoms with Crippen LogP contribution < -0.4 is 10.3 Å². The number of pyridine rings is 1. The molecule has 1 N–H and O–H groups in total. The number of aromatic hydroxyl groups is 1. The first-order valence-electron chi connectivity index (χ1n) is 6.63. The predicted molar refractivity (Wildman–Crippen MR) is 77.4 cm³/mol. The fraction of sp³-hybridized carbons (Fsp3) is 0.333. The van der Waals surface area contributed by atoms with Crippen LogP contribution in [0.3, 0.4) is 0 Å². The molecule has 20 heavy (non-hydrogen) atoms. The van der Waals surface area contributed by atoms with Crippen molar-refractivity contribution in [1.29, 1.82) is 0 Å². The van der Waals surface area contributed by atoms with Gasteiger partial charge in [-0.05, 0) is 31.2 Å². The summed E-state index contributed by atoms with van der Waals surface area (Å²) in [5.74, 6) is -0.215. The smallest absolute Gasteiger partial charge is 0.222 e. The second-order valence-corrected chi connectivity index (χ2v) is 4.88. The van der Waals surface area contributed by atoms with E-state index in [2.05, 4.69) is 4.98 Å². The number of morpholine rings is 1. The first-order chi connectivity index (χ1) is 9.66. The Hall–Kier alpha value is -2.14. The average molecular weight is 272 g/mol. The Labute approximate surface area is 116 Å². The van der Waals surface area contributed by atoms with E-state index >= 15 is 0 Å². The molecule has 1 aromatic heterocycles. The van der Waals surface area contributed by atoms with Crippen LogP contribution in [0.4, 0.5) is 5.69 Å². The fourth-order valence-electron chi connectivity index (χ4n) is 2.49. The predicted octanol–water partition coefficient (Wildman–Crippen LogP) is 1.45. The molecular formula is C15H16N2O3. The number of fused-ring (bicyclic) bond motifs is 1. The Balaban J connectivity index is 2.32. The minimum atomic E-state index is -0.387. The Morgan fingerprint density at radius 2 is 1.95 bits per heavy atom. The van der Waals surface area contributed by atoms with Crippen LogP contribution >= 0.6 is 0 Å². The Morgan fingerprint density at radius 1 is 1.20 bits per heavy atom. The summed E-state index contributed by atoms with van der Waals surface area (Å²) in [5.41, 5.74) is 1.76. The first-order valence-corrected chi connectivity index (χ1v) is 6.63. The molecule has 1 aliphatic rings. The number of rotatable bonds is 1. The summed E-state index contributed by atoms with van der Waals surface area (Å²) in [7, 11) is 0. The van der Waals surface area contributed by atoms with Crippen molar-refractivity contribution >= 4 is 16.6 Å². The van der Waals surface area contributed by atoms with Gasteiger partial charge in [0.2, 0.25) is 5.43 Å². The standard InChI is InChI=1S/C15H16N2O3/c1-10-2-3-11-12(16-10)4-5-13(18)15(19)14(11)17-6-8-20-9-7-17/h2-5H,6-9H2,1H3,(H,18,19). The van der Waals surface area contributed by atoms with Gasteiger partial charge in [-0.3, -0.25) is 9.78 Å². The number of aromatic nitrogens is 1. The molecule has 1 aliphatic heterocycles. The summed E-state index contributed by atoms with van der Waals surface area (Å²) < 4.78 is 5.33. The van der Waals surface area contributed by atoms with Crippen LogP contribution in [0.2, 0.25) is 0 Å². The monoisotopic (exact) mass is 272 g/mol. The van der Waals surface area contributed by atoms with Crippen molar-refractivity contribution < 1.29 is 9.84 Å². The van der Waals surface area contributed by atoms with E-state index in [0.717, 1.165) is 11.1 Å². The van der Waals surface area contributed by atoms with Gasteiger partial charge in [-0.15, -0.1) is 0 Å². The van der Waals surface area contributed by atoms with Gasteiger partial charge in [0.1, 0.15) is 0 Å². The molecule has 2 aromatic rings. The molecule has 0 amide bonds.